The van der Waals surface area contributed by atoms with Crippen LogP contribution in [0.1, 0.15) is 32.8 Å². The molecule has 0 heterocycles. The molecule has 0 saturated carbocycles. The molecule has 0 aliphatic carbocycles. The van der Waals surface area contributed by atoms with Gasteiger partial charge in [-0.2, -0.15) is 0 Å². The standard InChI is InChI=1S/C15H22Cl2N2O/c1-15(2,3)18-8-7-14(20)19(4)10-11-5-6-12(16)9-13(11)17/h5-6,9,18H,7-8,10H2,1-4H3. The molecule has 0 spiro atoms. The summed E-state index contributed by atoms with van der Waals surface area (Å²) in [5.74, 6) is 0.0905. The molecule has 0 atom stereocenters. The molecule has 0 aromatic heterocycles. The van der Waals surface area contributed by atoms with Crippen LogP contribution in [-0.2, 0) is 11.3 Å². The summed E-state index contributed by atoms with van der Waals surface area (Å²) in [6.45, 7) is 7.39. The topological polar surface area (TPSA) is 32.3 Å². The monoisotopic (exact) mass is 316 g/mol. The van der Waals surface area contributed by atoms with Crippen LogP contribution in [0, 0.1) is 0 Å². The van der Waals surface area contributed by atoms with Gasteiger partial charge in [0.15, 0.2) is 0 Å². The molecule has 0 unspecified atom stereocenters. The van der Waals surface area contributed by atoms with Gasteiger partial charge >= 0.3 is 0 Å². The number of amides is 1. The highest BCUT2D eigenvalue weighted by Gasteiger charge is 2.13. The van der Waals surface area contributed by atoms with Crippen LogP contribution in [-0.4, -0.2) is 29.9 Å². The first-order chi connectivity index (χ1) is 9.19. The smallest absolute Gasteiger partial charge is 0.223 e. The molecule has 1 aromatic rings. The number of hydrogen-bond acceptors (Lipinski definition) is 2. The number of nitrogens with one attached hydrogen (secondary N) is 1. The van der Waals surface area contributed by atoms with Gasteiger partial charge in [-0.05, 0) is 38.5 Å². The van der Waals surface area contributed by atoms with Crippen LogP contribution in [0.15, 0.2) is 18.2 Å². The van der Waals surface area contributed by atoms with Gasteiger partial charge in [-0.3, -0.25) is 4.79 Å². The van der Waals surface area contributed by atoms with Crippen LogP contribution in [0.4, 0.5) is 0 Å². The largest absolute Gasteiger partial charge is 0.341 e. The lowest BCUT2D eigenvalue weighted by Crippen LogP contribution is -2.38. The maximum atomic E-state index is 12.0. The van der Waals surface area contributed by atoms with E-state index in [0.29, 0.717) is 29.6 Å². The predicted molar refractivity (Wildman–Crippen MR) is 85.3 cm³/mol. The average molecular weight is 317 g/mol. The van der Waals surface area contributed by atoms with Crippen molar-refractivity contribution in [1.82, 2.24) is 10.2 Å². The lowest BCUT2D eigenvalue weighted by Gasteiger charge is -2.22. The second-order valence-electron chi connectivity index (χ2n) is 5.91. The van der Waals surface area contributed by atoms with Crippen LogP contribution in [0.2, 0.25) is 10.0 Å². The van der Waals surface area contributed by atoms with E-state index in [-0.39, 0.29) is 11.4 Å². The van der Waals surface area contributed by atoms with Crippen molar-refractivity contribution in [2.75, 3.05) is 13.6 Å². The number of halogens is 2. The molecule has 1 rings (SSSR count). The zero-order chi connectivity index (χ0) is 15.3. The summed E-state index contributed by atoms with van der Waals surface area (Å²) in [7, 11) is 1.78. The van der Waals surface area contributed by atoms with Gasteiger partial charge in [0, 0.05) is 42.1 Å². The Kier molecular flexibility index (Phi) is 6.31. The Labute approximate surface area is 131 Å². The van der Waals surface area contributed by atoms with E-state index >= 15 is 0 Å². The third kappa shape index (κ3) is 6.12. The Morgan fingerprint density at radius 2 is 1.95 bits per heavy atom. The molecule has 3 nitrogen and oxygen atoms in total. The van der Waals surface area contributed by atoms with Gasteiger partial charge in [0.2, 0.25) is 5.91 Å². The molecule has 0 aliphatic heterocycles. The van der Waals surface area contributed by atoms with Crippen molar-refractivity contribution in [3.8, 4) is 0 Å². The highest BCUT2D eigenvalue weighted by Crippen LogP contribution is 2.22. The van der Waals surface area contributed by atoms with Crippen molar-refractivity contribution < 1.29 is 4.79 Å². The third-order valence-corrected chi connectivity index (χ3v) is 3.43. The molecule has 1 amide bonds. The summed E-state index contributed by atoms with van der Waals surface area (Å²) < 4.78 is 0. The normalized spacial score (nSPS) is 11.5. The molecule has 112 valence electrons. The Hall–Kier alpha value is -0.770. The summed E-state index contributed by atoms with van der Waals surface area (Å²) >= 11 is 12.0. The lowest BCUT2D eigenvalue weighted by atomic mass is 10.1. The van der Waals surface area contributed by atoms with Gasteiger partial charge in [0.25, 0.3) is 0 Å². The molecule has 0 aliphatic rings. The second-order valence-corrected chi connectivity index (χ2v) is 6.76. The van der Waals surface area contributed by atoms with Crippen molar-refractivity contribution in [2.45, 2.75) is 39.3 Å². The first-order valence-corrected chi connectivity index (χ1v) is 7.37. The minimum absolute atomic E-state index is 0.0261. The van der Waals surface area contributed by atoms with E-state index < -0.39 is 0 Å². The number of nitrogens with zero attached hydrogens (tertiary/aromatic N) is 1. The number of hydrogen-bond donors (Lipinski definition) is 1. The van der Waals surface area contributed by atoms with E-state index in [1.54, 1.807) is 24.1 Å². The summed E-state index contributed by atoms with van der Waals surface area (Å²) in [5.41, 5.74) is 0.925. The minimum atomic E-state index is 0.0261. The molecule has 20 heavy (non-hydrogen) atoms. The first-order valence-electron chi connectivity index (χ1n) is 6.62. The maximum Gasteiger partial charge on any atom is 0.223 e. The molecule has 0 saturated heterocycles. The minimum Gasteiger partial charge on any atom is -0.341 e. The molecular formula is C15H22Cl2N2O. The van der Waals surface area contributed by atoms with Gasteiger partial charge in [0.05, 0.1) is 0 Å². The Balaban J connectivity index is 2.49. The average Bonchev–Trinajstić information content (AvgIpc) is 2.30. The molecular weight excluding hydrogens is 295 g/mol. The molecule has 5 heteroatoms. The number of benzene rings is 1. The maximum absolute atomic E-state index is 12.0. The van der Waals surface area contributed by atoms with Gasteiger partial charge in [-0.15, -0.1) is 0 Å². The third-order valence-electron chi connectivity index (χ3n) is 2.84. The number of carbonyl (C=O) groups excluding carboxylic acids is 1. The van der Waals surface area contributed by atoms with E-state index in [2.05, 4.69) is 26.1 Å². The van der Waals surface area contributed by atoms with Gasteiger partial charge in [0.1, 0.15) is 0 Å². The Morgan fingerprint density at radius 3 is 2.50 bits per heavy atom. The number of carbonyl (C=O) groups is 1. The SMILES string of the molecule is CN(Cc1ccc(Cl)cc1Cl)C(=O)CCNC(C)(C)C. The highest BCUT2D eigenvalue weighted by atomic mass is 35.5. The van der Waals surface area contributed by atoms with Crippen molar-refractivity contribution in [2.24, 2.45) is 0 Å². The molecule has 1 aromatic carbocycles. The van der Waals surface area contributed by atoms with Crippen LogP contribution in [0.5, 0.6) is 0 Å². The van der Waals surface area contributed by atoms with Crippen molar-refractivity contribution >= 4 is 29.1 Å². The summed E-state index contributed by atoms with van der Waals surface area (Å²) in [5, 5.41) is 4.49. The fourth-order valence-corrected chi connectivity index (χ4v) is 2.20. The summed E-state index contributed by atoms with van der Waals surface area (Å²) in [6.07, 6.45) is 0.471. The van der Waals surface area contributed by atoms with E-state index in [0.717, 1.165) is 5.56 Å². The van der Waals surface area contributed by atoms with Crippen LogP contribution < -0.4 is 5.32 Å². The first kappa shape index (κ1) is 17.3. The van der Waals surface area contributed by atoms with Gasteiger partial charge < -0.3 is 10.2 Å². The fraction of sp³-hybridized carbons (Fsp3) is 0.533. The molecule has 0 radical (unpaired) electrons. The van der Waals surface area contributed by atoms with Gasteiger partial charge in [-0.1, -0.05) is 29.3 Å². The second kappa shape index (κ2) is 7.30. The molecule has 0 fully saturated rings. The van der Waals surface area contributed by atoms with Crippen molar-refractivity contribution in [3.05, 3.63) is 33.8 Å². The van der Waals surface area contributed by atoms with Crippen molar-refractivity contribution in [1.29, 1.82) is 0 Å². The molecule has 1 N–H and O–H groups in total. The fourth-order valence-electron chi connectivity index (χ4n) is 1.73. The van der Waals surface area contributed by atoms with E-state index in [9.17, 15) is 4.79 Å². The van der Waals surface area contributed by atoms with Crippen LogP contribution in [0.3, 0.4) is 0 Å². The van der Waals surface area contributed by atoms with E-state index in [1.165, 1.54) is 0 Å². The summed E-state index contributed by atoms with van der Waals surface area (Å²) in [6, 6.07) is 5.32. The highest BCUT2D eigenvalue weighted by molar-refractivity contribution is 6.35. The van der Waals surface area contributed by atoms with Gasteiger partial charge in [-0.25, -0.2) is 0 Å². The lowest BCUT2D eigenvalue weighted by molar-refractivity contribution is -0.130. The quantitative estimate of drug-likeness (QED) is 0.897. The van der Waals surface area contributed by atoms with E-state index in [1.807, 2.05) is 6.07 Å². The van der Waals surface area contributed by atoms with Crippen LogP contribution in [0.25, 0.3) is 0 Å². The number of rotatable bonds is 5. The predicted octanol–water partition coefficient (Wildman–Crippen LogP) is 3.73. The van der Waals surface area contributed by atoms with Crippen molar-refractivity contribution in [3.63, 3.8) is 0 Å². The zero-order valence-corrected chi connectivity index (χ0v) is 14.0. The van der Waals surface area contributed by atoms with E-state index in [4.69, 9.17) is 23.2 Å². The zero-order valence-electron chi connectivity index (χ0n) is 12.5. The summed E-state index contributed by atoms with van der Waals surface area (Å²) in [4.78, 5) is 13.7. The Morgan fingerprint density at radius 1 is 1.30 bits per heavy atom. The van der Waals surface area contributed by atoms with Crippen LogP contribution >= 0.6 is 23.2 Å². The molecule has 0 bridgehead atoms. The Bertz CT molecular complexity index is 469.